The summed E-state index contributed by atoms with van der Waals surface area (Å²) < 4.78 is 4.82. The van der Waals surface area contributed by atoms with E-state index in [1.165, 1.54) is 0 Å². The average molecular weight is 251 g/mol. The Hall–Kier alpha value is -1.85. The van der Waals surface area contributed by atoms with Gasteiger partial charge in [-0.1, -0.05) is 12.1 Å². The fraction of sp³-hybridized carbons (Fsp3) is 0.583. The van der Waals surface area contributed by atoms with Crippen LogP contribution in [0.5, 0.6) is 0 Å². The Morgan fingerprint density at radius 3 is 2.83 bits per heavy atom. The summed E-state index contributed by atoms with van der Waals surface area (Å²) in [6.45, 7) is 3.59. The van der Waals surface area contributed by atoms with Gasteiger partial charge in [0.2, 0.25) is 11.8 Å². The van der Waals surface area contributed by atoms with Gasteiger partial charge in [0.15, 0.2) is 5.82 Å². The highest BCUT2D eigenvalue weighted by Gasteiger charge is 2.32. The standard InChI is InChI=1S/C12H17N3O3/c1-7-5-10(15-18-7)14-11(16)6-13-12(17)8(2)9-3-4-9/h5,8-9H,3-4,6H2,1-2H3,(H,13,17)(H,14,15,16). The summed E-state index contributed by atoms with van der Waals surface area (Å²) in [6.07, 6.45) is 2.22. The molecule has 1 atom stereocenters. The summed E-state index contributed by atoms with van der Waals surface area (Å²) in [6, 6.07) is 1.62. The minimum atomic E-state index is -0.306. The van der Waals surface area contributed by atoms with E-state index in [-0.39, 0.29) is 24.3 Å². The quantitative estimate of drug-likeness (QED) is 0.820. The topological polar surface area (TPSA) is 84.2 Å². The van der Waals surface area contributed by atoms with Crippen LogP contribution in [0.3, 0.4) is 0 Å². The maximum atomic E-state index is 11.7. The summed E-state index contributed by atoms with van der Waals surface area (Å²) in [5, 5.41) is 8.80. The zero-order valence-electron chi connectivity index (χ0n) is 10.5. The van der Waals surface area contributed by atoms with Crippen molar-refractivity contribution in [3.8, 4) is 0 Å². The molecule has 0 bridgehead atoms. The van der Waals surface area contributed by atoms with E-state index in [4.69, 9.17) is 4.52 Å². The third-order valence-corrected chi connectivity index (χ3v) is 3.06. The van der Waals surface area contributed by atoms with Crippen molar-refractivity contribution in [2.45, 2.75) is 26.7 Å². The largest absolute Gasteiger partial charge is 0.360 e. The number of nitrogens with one attached hydrogen (secondary N) is 2. The predicted molar refractivity (Wildman–Crippen MR) is 64.8 cm³/mol. The van der Waals surface area contributed by atoms with E-state index >= 15 is 0 Å². The summed E-state index contributed by atoms with van der Waals surface area (Å²) in [4.78, 5) is 23.2. The zero-order chi connectivity index (χ0) is 13.1. The van der Waals surface area contributed by atoms with Crippen molar-refractivity contribution in [1.82, 2.24) is 10.5 Å². The lowest BCUT2D eigenvalue weighted by atomic mass is 10.1. The van der Waals surface area contributed by atoms with Crippen molar-refractivity contribution in [3.05, 3.63) is 11.8 Å². The van der Waals surface area contributed by atoms with Crippen molar-refractivity contribution >= 4 is 17.6 Å². The first-order chi connectivity index (χ1) is 8.56. The van der Waals surface area contributed by atoms with Crippen LogP contribution in [0.25, 0.3) is 0 Å². The van der Waals surface area contributed by atoms with E-state index in [0.29, 0.717) is 17.5 Å². The minimum Gasteiger partial charge on any atom is -0.360 e. The molecule has 0 spiro atoms. The Bertz CT molecular complexity index is 451. The lowest BCUT2D eigenvalue weighted by Gasteiger charge is -2.10. The SMILES string of the molecule is Cc1cc(NC(=O)CNC(=O)C(C)C2CC2)no1. The molecule has 1 aliphatic rings. The fourth-order valence-corrected chi connectivity index (χ4v) is 1.75. The molecular weight excluding hydrogens is 234 g/mol. The maximum Gasteiger partial charge on any atom is 0.245 e. The molecule has 0 aromatic carbocycles. The Labute approximate surface area is 105 Å². The summed E-state index contributed by atoms with van der Waals surface area (Å²) in [7, 11) is 0. The number of carbonyl (C=O) groups is 2. The van der Waals surface area contributed by atoms with Crippen LogP contribution in [0.1, 0.15) is 25.5 Å². The molecule has 1 aromatic rings. The molecule has 2 rings (SSSR count). The van der Waals surface area contributed by atoms with Gasteiger partial charge in [-0.05, 0) is 25.7 Å². The highest BCUT2D eigenvalue weighted by Crippen LogP contribution is 2.36. The van der Waals surface area contributed by atoms with Crippen LogP contribution in [-0.2, 0) is 9.59 Å². The third kappa shape index (κ3) is 3.32. The summed E-state index contributed by atoms with van der Waals surface area (Å²) in [5.74, 6) is 1.10. The summed E-state index contributed by atoms with van der Waals surface area (Å²) in [5.41, 5.74) is 0. The molecule has 1 aliphatic carbocycles. The first-order valence-corrected chi connectivity index (χ1v) is 6.07. The van der Waals surface area contributed by atoms with Crippen LogP contribution < -0.4 is 10.6 Å². The number of nitrogens with zero attached hydrogens (tertiary/aromatic N) is 1. The molecule has 1 aromatic heterocycles. The van der Waals surface area contributed by atoms with Gasteiger partial charge in [0.05, 0.1) is 6.54 Å². The highest BCUT2D eigenvalue weighted by molar-refractivity contribution is 5.94. The molecule has 6 heteroatoms. The number of anilines is 1. The Morgan fingerprint density at radius 1 is 1.56 bits per heavy atom. The van der Waals surface area contributed by atoms with Crippen LogP contribution in [0, 0.1) is 18.8 Å². The molecule has 0 aliphatic heterocycles. The Kier molecular flexibility index (Phi) is 3.64. The molecule has 98 valence electrons. The number of hydrogen-bond acceptors (Lipinski definition) is 4. The molecule has 1 saturated carbocycles. The highest BCUT2D eigenvalue weighted by atomic mass is 16.5. The number of aromatic nitrogens is 1. The van der Waals surface area contributed by atoms with Crippen LogP contribution in [0.4, 0.5) is 5.82 Å². The van der Waals surface area contributed by atoms with Gasteiger partial charge < -0.3 is 15.2 Å². The smallest absolute Gasteiger partial charge is 0.245 e. The lowest BCUT2D eigenvalue weighted by molar-refractivity contribution is -0.127. The molecule has 1 heterocycles. The van der Waals surface area contributed by atoms with Gasteiger partial charge in [0.25, 0.3) is 0 Å². The van der Waals surface area contributed by atoms with Crippen molar-refractivity contribution < 1.29 is 14.1 Å². The van der Waals surface area contributed by atoms with Crippen molar-refractivity contribution in [3.63, 3.8) is 0 Å². The van der Waals surface area contributed by atoms with Crippen molar-refractivity contribution in [1.29, 1.82) is 0 Å². The van der Waals surface area contributed by atoms with Crippen molar-refractivity contribution in [2.24, 2.45) is 11.8 Å². The average Bonchev–Trinajstić information content (AvgIpc) is 3.10. The van der Waals surface area contributed by atoms with E-state index in [9.17, 15) is 9.59 Å². The monoisotopic (exact) mass is 251 g/mol. The second kappa shape index (κ2) is 5.20. The number of aryl methyl sites for hydroxylation is 1. The van der Waals surface area contributed by atoms with E-state index in [1.807, 2.05) is 6.92 Å². The second-order valence-corrected chi connectivity index (χ2v) is 4.71. The van der Waals surface area contributed by atoms with Gasteiger partial charge in [0.1, 0.15) is 5.76 Å². The van der Waals surface area contributed by atoms with Gasteiger partial charge in [-0.3, -0.25) is 9.59 Å². The van der Waals surface area contributed by atoms with Gasteiger partial charge in [-0.2, -0.15) is 0 Å². The van der Waals surface area contributed by atoms with Crippen LogP contribution in [0.15, 0.2) is 10.6 Å². The summed E-state index contributed by atoms with van der Waals surface area (Å²) >= 11 is 0. The van der Waals surface area contributed by atoms with Gasteiger partial charge in [0, 0.05) is 12.0 Å². The van der Waals surface area contributed by atoms with Gasteiger partial charge in [-0.25, -0.2) is 0 Å². The van der Waals surface area contributed by atoms with Gasteiger partial charge >= 0.3 is 0 Å². The fourth-order valence-electron chi connectivity index (χ4n) is 1.75. The number of hydrogen-bond donors (Lipinski definition) is 2. The molecule has 2 amide bonds. The van der Waals surface area contributed by atoms with E-state index in [0.717, 1.165) is 12.8 Å². The molecule has 1 unspecified atom stereocenters. The number of rotatable bonds is 5. The second-order valence-electron chi connectivity index (χ2n) is 4.71. The zero-order valence-corrected chi connectivity index (χ0v) is 10.5. The molecule has 18 heavy (non-hydrogen) atoms. The van der Waals surface area contributed by atoms with Crippen LogP contribution >= 0.6 is 0 Å². The number of amides is 2. The van der Waals surface area contributed by atoms with Crippen molar-refractivity contribution in [2.75, 3.05) is 11.9 Å². The molecule has 1 fully saturated rings. The molecule has 6 nitrogen and oxygen atoms in total. The van der Waals surface area contributed by atoms with E-state index < -0.39 is 0 Å². The molecule has 0 radical (unpaired) electrons. The Balaban J connectivity index is 1.72. The molecule has 0 saturated heterocycles. The number of carbonyl (C=O) groups excluding carboxylic acids is 2. The van der Waals surface area contributed by atoms with Crippen LogP contribution in [0.2, 0.25) is 0 Å². The first kappa shape index (κ1) is 12.6. The Morgan fingerprint density at radius 2 is 2.28 bits per heavy atom. The first-order valence-electron chi connectivity index (χ1n) is 6.07. The lowest BCUT2D eigenvalue weighted by Crippen LogP contribution is -2.36. The maximum absolute atomic E-state index is 11.7. The van der Waals surface area contributed by atoms with E-state index in [1.54, 1.807) is 13.0 Å². The molecule has 2 N–H and O–H groups in total. The third-order valence-electron chi connectivity index (χ3n) is 3.06. The minimum absolute atomic E-state index is 0.00732. The predicted octanol–water partition coefficient (Wildman–Crippen LogP) is 1.08. The van der Waals surface area contributed by atoms with E-state index in [2.05, 4.69) is 15.8 Å². The molecular formula is C12H17N3O3. The van der Waals surface area contributed by atoms with Gasteiger partial charge in [-0.15, -0.1) is 0 Å². The van der Waals surface area contributed by atoms with Crippen LogP contribution in [-0.4, -0.2) is 23.5 Å². The normalized spacial score (nSPS) is 16.1.